The number of rotatable bonds is 2. The fraction of sp³-hybridized carbons (Fsp3) is 0.467. The number of nitrogens with zero attached hydrogens (tertiary/aromatic N) is 3. The molecular weight excluding hydrogens is 386 g/mol. The summed E-state index contributed by atoms with van der Waals surface area (Å²) in [5.41, 5.74) is 1.52. The molecule has 0 N–H and O–H groups in total. The Hall–Kier alpha value is -1.15. The molecule has 0 unspecified atom stereocenters. The molecule has 6 nitrogen and oxygen atoms in total. The largest absolute Gasteiger partial charge is 0.302 e. The Morgan fingerprint density at radius 2 is 1.70 bits per heavy atom. The van der Waals surface area contributed by atoms with E-state index >= 15 is 0 Å². The van der Waals surface area contributed by atoms with Gasteiger partial charge in [0, 0.05) is 22.6 Å². The van der Waals surface area contributed by atoms with Gasteiger partial charge in [-0.1, -0.05) is 27.5 Å². The molecule has 2 amide bonds. The van der Waals surface area contributed by atoms with E-state index in [2.05, 4.69) is 15.9 Å². The highest BCUT2D eigenvalue weighted by Crippen LogP contribution is 2.37. The van der Waals surface area contributed by atoms with Gasteiger partial charge in [0.25, 0.3) is 11.8 Å². The van der Waals surface area contributed by atoms with Crippen LogP contribution in [0.2, 0.25) is 5.02 Å². The van der Waals surface area contributed by atoms with Crippen molar-refractivity contribution >= 4 is 39.3 Å². The fourth-order valence-electron chi connectivity index (χ4n) is 3.14. The Morgan fingerprint density at radius 1 is 1.13 bits per heavy atom. The summed E-state index contributed by atoms with van der Waals surface area (Å²) < 4.78 is 0.687. The van der Waals surface area contributed by atoms with E-state index in [9.17, 15) is 9.59 Å². The third-order valence-corrected chi connectivity index (χ3v) is 5.14. The summed E-state index contributed by atoms with van der Waals surface area (Å²) in [4.78, 5) is 30.9. The van der Waals surface area contributed by atoms with Gasteiger partial charge >= 0.3 is 0 Å². The molecule has 124 valence electrons. The van der Waals surface area contributed by atoms with E-state index < -0.39 is 5.92 Å². The molecule has 2 aliphatic heterocycles. The minimum absolute atomic E-state index is 0.195. The number of carbonyl (C=O) groups is 2. The van der Waals surface area contributed by atoms with Crippen LogP contribution in [0.1, 0.15) is 17.0 Å². The van der Waals surface area contributed by atoms with Crippen LogP contribution in [0.5, 0.6) is 0 Å². The quantitative estimate of drug-likeness (QED) is 0.710. The number of carbonyl (C=O) groups excluding carboxylic acids is 2. The van der Waals surface area contributed by atoms with Gasteiger partial charge in [-0.3, -0.25) is 9.59 Å². The first-order valence-corrected chi connectivity index (χ1v) is 8.48. The maximum Gasteiger partial charge on any atom is 0.258 e. The normalized spacial score (nSPS) is 20.2. The molecule has 2 aliphatic rings. The molecule has 2 fully saturated rings. The summed E-state index contributed by atoms with van der Waals surface area (Å²) in [5.74, 6) is -1.20. The molecule has 1 aromatic carbocycles. The number of hydrazine groups is 1. The van der Waals surface area contributed by atoms with Crippen molar-refractivity contribution in [2.24, 2.45) is 0 Å². The second-order valence-corrected chi connectivity index (χ2v) is 6.88. The van der Waals surface area contributed by atoms with Crippen molar-refractivity contribution in [2.75, 3.05) is 33.3 Å². The van der Waals surface area contributed by atoms with Crippen molar-refractivity contribution in [2.45, 2.75) is 12.8 Å². The number of halogens is 2. The molecule has 0 aromatic heterocycles. The van der Waals surface area contributed by atoms with Crippen LogP contribution in [0.3, 0.4) is 0 Å². The van der Waals surface area contributed by atoms with E-state index in [1.807, 2.05) is 6.92 Å². The smallest absolute Gasteiger partial charge is 0.258 e. The Kier molecular flexibility index (Phi) is 4.64. The minimum atomic E-state index is -0.810. The van der Waals surface area contributed by atoms with Gasteiger partial charge in [0.15, 0.2) is 0 Å². The lowest BCUT2D eigenvalue weighted by atomic mass is 9.94. The highest BCUT2D eigenvalue weighted by molar-refractivity contribution is 9.10. The predicted octanol–water partition coefficient (Wildman–Crippen LogP) is 1.96. The van der Waals surface area contributed by atoms with Gasteiger partial charge in [0.05, 0.1) is 20.2 Å². The lowest BCUT2D eigenvalue weighted by Gasteiger charge is -2.23. The number of fused-ring (bicyclic) bond motifs is 1. The molecule has 0 bridgehead atoms. The van der Waals surface area contributed by atoms with Crippen molar-refractivity contribution in [1.29, 1.82) is 0 Å². The number of aryl methyl sites for hydroxylation is 1. The standard InChI is InChI=1S/C15H17BrClN3O3/c1-9-7-10(17)8-11(16)12(9)13-14(21)19-5-3-18(23-2)4-6-20(19)15(13)22/h7-8,13H,3-6H2,1-2H3. The third kappa shape index (κ3) is 2.87. The van der Waals surface area contributed by atoms with Crippen LogP contribution < -0.4 is 0 Å². The molecule has 0 radical (unpaired) electrons. The van der Waals surface area contributed by atoms with Crippen LogP contribution in [0.15, 0.2) is 16.6 Å². The first-order valence-electron chi connectivity index (χ1n) is 7.31. The number of hydrogen-bond acceptors (Lipinski definition) is 4. The number of amides is 2. The molecule has 8 heteroatoms. The van der Waals surface area contributed by atoms with E-state index in [1.54, 1.807) is 24.3 Å². The monoisotopic (exact) mass is 401 g/mol. The average Bonchev–Trinajstić information content (AvgIpc) is 2.67. The lowest BCUT2D eigenvalue weighted by Crippen LogP contribution is -2.41. The van der Waals surface area contributed by atoms with E-state index in [0.29, 0.717) is 41.2 Å². The van der Waals surface area contributed by atoms with Crippen LogP contribution in [0, 0.1) is 6.92 Å². The number of hydroxylamine groups is 2. The molecule has 2 saturated heterocycles. The van der Waals surface area contributed by atoms with Gasteiger partial charge in [-0.15, -0.1) is 0 Å². The maximum atomic E-state index is 12.8. The van der Waals surface area contributed by atoms with E-state index in [4.69, 9.17) is 16.4 Å². The van der Waals surface area contributed by atoms with E-state index in [0.717, 1.165) is 5.56 Å². The second-order valence-electron chi connectivity index (χ2n) is 5.59. The van der Waals surface area contributed by atoms with Crippen molar-refractivity contribution in [3.63, 3.8) is 0 Å². The third-order valence-electron chi connectivity index (χ3n) is 4.26. The molecule has 1 aromatic rings. The maximum absolute atomic E-state index is 12.8. The van der Waals surface area contributed by atoms with Crippen molar-refractivity contribution in [3.8, 4) is 0 Å². The van der Waals surface area contributed by atoms with Gasteiger partial charge in [0.1, 0.15) is 5.92 Å². The molecule has 23 heavy (non-hydrogen) atoms. The van der Waals surface area contributed by atoms with E-state index in [-0.39, 0.29) is 11.8 Å². The molecule has 0 spiro atoms. The zero-order chi connectivity index (χ0) is 16.7. The van der Waals surface area contributed by atoms with Crippen LogP contribution in [-0.4, -0.2) is 60.2 Å². The molecule has 3 rings (SSSR count). The molecule has 0 saturated carbocycles. The summed E-state index contributed by atoms with van der Waals surface area (Å²) in [6.45, 7) is 3.86. The summed E-state index contributed by atoms with van der Waals surface area (Å²) in [6.07, 6.45) is 0. The Bertz CT molecular complexity index is 620. The Morgan fingerprint density at radius 3 is 2.17 bits per heavy atom. The van der Waals surface area contributed by atoms with Crippen molar-refractivity contribution in [1.82, 2.24) is 15.1 Å². The Labute approximate surface area is 148 Å². The topological polar surface area (TPSA) is 53.1 Å². The van der Waals surface area contributed by atoms with Crippen LogP contribution >= 0.6 is 27.5 Å². The van der Waals surface area contributed by atoms with Gasteiger partial charge in [0.2, 0.25) is 0 Å². The summed E-state index contributed by atoms with van der Waals surface area (Å²) in [7, 11) is 1.59. The molecule has 0 atom stereocenters. The van der Waals surface area contributed by atoms with Gasteiger partial charge in [-0.2, -0.15) is 5.06 Å². The van der Waals surface area contributed by atoms with Crippen molar-refractivity contribution < 1.29 is 14.4 Å². The highest BCUT2D eigenvalue weighted by Gasteiger charge is 2.48. The zero-order valence-electron chi connectivity index (χ0n) is 12.9. The molecule has 0 aliphatic carbocycles. The summed E-state index contributed by atoms with van der Waals surface area (Å²) in [6, 6.07) is 3.49. The van der Waals surface area contributed by atoms with Crippen LogP contribution in [-0.2, 0) is 14.4 Å². The first kappa shape index (κ1) is 16.7. The van der Waals surface area contributed by atoms with Crippen LogP contribution in [0.25, 0.3) is 0 Å². The SMILES string of the molecule is CON1CCN2C(=O)C(c3c(C)cc(Cl)cc3Br)C(=O)N2CC1. The number of hydrogen-bond donors (Lipinski definition) is 0. The fourth-order valence-corrected chi connectivity index (χ4v) is 4.33. The Balaban J connectivity index is 1.95. The highest BCUT2D eigenvalue weighted by atomic mass is 79.9. The zero-order valence-corrected chi connectivity index (χ0v) is 15.2. The lowest BCUT2D eigenvalue weighted by molar-refractivity contribution is -0.145. The van der Waals surface area contributed by atoms with Gasteiger partial charge < -0.3 is 4.84 Å². The minimum Gasteiger partial charge on any atom is -0.302 e. The number of benzene rings is 1. The summed E-state index contributed by atoms with van der Waals surface area (Å²) in [5, 5.41) is 5.39. The average molecular weight is 403 g/mol. The molecular formula is C15H17BrClN3O3. The predicted molar refractivity (Wildman–Crippen MR) is 88.6 cm³/mol. The van der Waals surface area contributed by atoms with Crippen molar-refractivity contribution in [3.05, 3.63) is 32.8 Å². The van der Waals surface area contributed by atoms with Gasteiger partial charge in [-0.25, -0.2) is 10.0 Å². The first-order chi connectivity index (χ1) is 10.9. The summed E-state index contributed by atoms with van der Waals surface area (Å²) >= 11 is 9.48. The van der Waals surface area contributed by atoms with E-state index in [1.165, 1.54) is 10.0 Å². The molecule has 2 heterocycles. The van der Waals surface area contributed by atoms with Gasteiger partial charge in [-0.05, 0) is 30.2 Å². The second kappa shape index (κ2) is 6.39. The van der Waals surface area contributed by atoms with Crippen LogP contribution in [0.4, 0.5) is 0 Å².